The van der Waals surface area contributed by atoms with E-state index in [0.29, 0.717) is 18.2 Å². The van der Waals surface area contributed by atoms with Gasteiger partial charge in [0.25, 0.3) is 5.91 Å². The zero-order chi connectivity index (χ0) is 19.9. The molecule has 5 heteroatoms. The number of piperazine rings is 1. The quantitative estimate of drug-likeness (QED) is 0.661. The molecule has 3 N–H and O–H groups in total. The second-order valence-electron chi connectivity index (χ2n) is 8.00. The van der Waals surface area contributed by atoms with Crippen molar-refractivity contribution in [1.29, 1.82) is 0 Å². The standard InChI is InChI=1S/C23H31N3O2/c1-18(2)20-10-8-19(9-11-20)16-25-12-14-26(15-13-25)17-23(27)24-21-6-4-5-7-22(21)28-3/h4-11,18H,12-17H2,1-3H3,(H,24,27)/p+2. The third-order valence-corrected chi connectivity index (χ3v) is 5.56. The summed E-state index contributed by atoms with van der Waals surface area (Å²) in [6, 6.07) is 16.6. The van der Waals surface area contributed by atoms with Gasteiger partial charge in [0.05, 0.1) is 12.8 Å². The van der Waals surface area contributed by atoms with Gasteiger partial charge < -0.3 is 19.9 Å². The first-order chi connectivity index (χ1) is 13.5. The lowest BCUT2D eigenvalue weighted by atomic mass is 10.0. The topological polar surface area (TPSA) is 47.2 Å². The average molecular weight is 384 g/mol. The Kier molecular flexibility index (Phi) is 7.06. The lowest BCUT2D eigenvalue weighted by Gasteiger charge is -2.29. The highest BCUT2D eigenvalue weighted by Crippen LogP contribution is 2.22. The Hall–Kier alpha value is -2.37. The number of anilines is 1. The molecular weight excluding hydrogens is 350 g/mol. The molecule has 0 spiro atoms. The number of carbonyl (C=O) groups is 1. The van der Waals surface area contributed by atoms with Crippen LogP contribution in [0.25, 0.3) is 0 Å². The normalized spacial score (nSPS) is 19.4. The van der Waals surface area contributed by atoms with Gasteiger partial charge in [-0.15, -0.1) is 0 Å². The maximum Gasteiger partial charge on any atom is 0.279 e. The Labute approximate surface area is 168 Å². The van der Waals surface area contributed by atoms with Gasteiger partial charge in [-0.05, 0) is 23.6 Å². The van der Waals surface area contributed by atoms with Crippen LogP contribution in [-0.2, 0) is 11.3 Å². The first-order valence-electron chi connectivity index (χ1n) is 10.2. The van der Waals surface area contributed by atoms with Crippen LogP contribution >= 0.6 is 0 Å². The number of benzene rings is 2. The van der Waals surface area contributed by atoms with Gasteiger partial charge in [-0.3, -0.25) is 4.79 Å². The van der Waals surface area contributed by atoms with Gasteiger partial charge in [-0.1, -0.05) is 50.2 Å². The maximum atomic E-state index is 12.4. The molecule has 0 radical (unpaired) electrons. The van der Waals surface area contributed by atoms with Crippen molar-refractivity contribution >= 4 is 11.6 Å². The van der Waals surface area contributed by atoms with Gasteiger partial charge in [-0.25, -0.2) is 0 Å². The molecule has 1 heterocycles. The van der Waals surface area contributed by atoms with E-state index in [1.165, 1.54) is 16.0 Å². The summed E-state index contributed by atoms with van der Waals surface area (Å²) in [5.74, 6) is 1.33. The zero-order valence-electron chi connectivity index (χ0n) is 17.3. The molecular formula is C23H33N3O2+2. The molecule has 1 aliphatic heterocycles. The molecule has 0 saturated carbocycles. The summed E-state index contributed by atoms with van der Waals surface area (Å²) in [4.78, 5) is 15.4. The largest absolute Gasteiger partial charge is 0.495 e. The summed E-state index contributed by atoms with van der Waals surface area (Å²) in [5, 5.41) is 2.98. The minimum Gasteiger partial charge on any atom is -0.495 e. The molecule has 1 saturated heterocycles. The van der Waals surface area contributed by atoms with Gasteiger partial charge in [0.1, 0.15) is 38.5 Å². The van der Waals surface area contributed by atoms with Crippen molar-refractivity contribution in [3.05, 3.63) is 59.7 Å². The van der Waals surface area contributed by atoms with Gasteiger partial charge >= 0.3 is 0 Å². The van der Waals surface area contributed by atoms with E-state index in [9.17, 15) is 4.79 Å². The predicted molar refractivity (Wildman–Crippen MR) is 112 cm³/mol. The number of nitrogens with one attached hydrogen (secondary N) is 3. The van der Waals surface area contributed by atoms with E-state index in [4.69, 9.17) is 4.74 Å². The van der Waals surface area contributed by atoms with Crippen molar-refractivity contribution in [3.8, 4) is 5.75 Å². The first kappa shape index (κ1) is 20.4. The minimum absolute atomic E-state index is 0.0484. The van der Waals surface area contributed by atoms with E-state index < -0.39 is 0 Å². The lowest BCUT2D eigenvalue weighted by molar-refractivity contribution is -1.02. The van der Waals surface area contributed by atoms with Crippen molar-refractivity contribution < 1.29 is 19.3 Å². The molecule has 1 amide bonds. The molecule has 3 rings (SSSR count). The van der Waals surface area contributed by atoms with Crippen LogP contribution in [0.1, 0.15) is 30.9 Å². The van der Waals surface area contributed by atoms with Crippen molar-refractivity contribution in [3.63, 3.8) is 0 Å². The molecule has 150 valence electrons. The molecule has 0 bridgehead atoms. The Morgan fingerprint density at radius 3 is 2.29 bits per heavy atom. The second kappa shape index (κ2) is 9.71. The fourth-order valence-corrected chi connectivity index (χ4v) is 3.79. The molecule has 5 nitrogen and oxygen atoms in total. The highest BCUT2D eigenvalue weighted by molar-refractivity contribution is 5.92. The van der Waals surface area contributed by atoms with E-state index in [1.807, 2.05) is 24.3 Å². The van der Waals surface area contributed by atoms with Crippen molar-refractivity contribution in [2.75, 3.05) is 45.2 Å². The van der Waals surface area contributed by atoms with Gasteiger partial charge in [-0.2, -0.15) is 0 Å². The van der Waals surface area contributed by atoms with Gasteiger partial charge in [0.15, 0.2) is 6.54 Å². The van der Waals surface area contributed by atoms with Crippen LogP contribution in [0, 0.1) is 0 Å². The Morgan fingerprint density at radius 1 is 1.00 bits per heavy atom. The highest BCUT2D eigenvalue weighted by atomic mass is 16.5. The van der Waals surface area contributed by atoms with Crippen LogP contribution in [0.2, 0.25) is 0 Å². The summed E-state index contributed by atoms with van der Waals surface area (Å²) in [5.41, 5.74) is 3.54. The molecule has 0 aliphatic carbocycles. The Morgan fingerprint density at radius 2 is 1.64 bits per heavy atom. The number of carbonyl (C=O) groups excluding carboxylic acids is 1. The smallest absolute Gasteiger partial charge is 0.279 e. The molecule has 0 aromatic heterocycles. The fraction of sp³-hybridized carbons (Fsp3) is 0.435. The van der Waals surface area contributed by atoms with Crippen LogP contribution in [0.4, 0.5) is 5.69 Å². The Bertz CT molecular complexity index is 766. The summed E-state index contributed by atoms with van der Waals surface area (Å²) >= 11 is 0. The van der Waals surface area contributed by atoms with Crippen LogP contribution in [-0.4, -0.2) is 45.7 Å². The molecule has 1 aliphatic rings. The van der Waals surface area contributed by atoms with E-state index in [1.54, 1.807) is 12.0 Å². The van der Waals surface area contributed by atoms with Gasteiger partial charge in [0.2, 0.25) is 0 Å². The summed E-state index contributed by atoms with van der Waals surface area (Å²) < 4.78 is 5.30. The van der Waals surface area contributed by atoms with Crippen molar-refractivity contribution in [1.82, 2.24) is 0 Å². The number of hydrogen-bond acceptors (Lipinski definition) is 2. The third-order valence-electron chi connectivity index (χ3n) is 5.56. The lowest BCUT2D eigenvalue weighted by Crippen LogP contribution is -3.28. The zero-order valence-corrected chi connectivity index (χ0v) is 17.3. The van der Waals surface area contributed by atoms with Crippen molar-refractivity contribution in [2.45, 2.75) is 26.3 Å². The highest BCUT2D eigenvalue weighted by Gasteiger charge is 2.25. The first-order valence-corrected chi connectivity index (χ1v) is 10.2. The van der Waals surface area contributed by atoms with E-state index in [2.05, 4.69) is 43.4 Å². The van der Waals surface area contributed by atoms with Crippen LogP contribution in [0.15, 0.2) is 48.5 Å². The summed E-state index contributed by atoms with van der Waals surface area (Å²) in [7, 11) is 1.62. The number of rotatable bonds is 7. The van der Waals surface area contributed by atoms with Crippen molar-refractivity contribution in [2.24, 2.45) is 0 Å². The number of methoxy groups -OCH3 is 1. The number of quaternary nitrogens is 2. The number of hydrogen-bond donors (Lipinski definition) is 3. The van der Waals surface area contributed by atoms with E-state index in [-0.39, 0.29) is 5.91 Å². The molecule has 2 aromatic carbocycles. The van der Waals surface area contributed by atoms with Crippen LogP contribution < -0.4 is 19.9 Å². The Balaban J connectivity index is 1.44. The predicted octanol–water partition coefficient (Wildman–Crippen LogP) is 0.741. The number of amides is 1. The monoisotopic (exact) mass is 383 g/mol. The average Bonchev–Trinajstić information content (AvgIpc) is 2.70. The molecule has 0 unspecified atom stereocenters. The third kappa shape index (κ3) is 5.57. The number of para-hydroxylation sites is 2. The van der Waals surface area contributed by atoms with E-state index >= 15 is 0 Å². The number of ether oxygens (including phenoxy) is 1. The minimum atomic E-state index is 0.0484. The van der Waals surface area contributed by atoms with Crippen LogP contribution in [0.5, 0.6) is 5.75 Å². The molecule has 2 aromatic rings. The summed E-state index contributed by atoms with van der Waals surface area (Å²) in [6.07, 6.45) is 0. The molecule has 28 heavy (non-hydrogen) atoms. The molecule has 0 atom stereocenters. The van der Waals surface area contributed by atoms with Gasteiger partial charge in [0, 0.05) is 5.56 Å². The SMILES string of the molecule is COc1ccccc1NC(=O)C[NH+]1CC[NH+](Cc2ccc(C(C)C)cc2)CC1. The second-order valence-corrected chi connectivity index (χ2v) is 8.00. The fourth-order valence-electron chi connectivity index (χ4n) is 3.79. The van der Waals surface area contributed by atoms with Crippen LogP contribution in [0.3, 0.4) is 0 Å². The summed E-state index contributed by atoms with van der Waals surface area (Å²) in [6.45, 7) is 10.3. The van der Waals surface area contributed by atoms with E-state index in [0.717, 1.165) is 38.4 Å². The molecule has 1 fully saturated rings. The maximum absolute atomic E-state index is 12.4.